The quantitative estimate of drug-likeness (QED) is 0.451. The number of hydrogen-bond acceptors (Lipinski definition) is 8. The first-order valence-corrected chi connectivity index (χ1v) is 12.5. The number of anilines is 2. The summed E-state index contributed by atoms with van der Waals surface area (Å²) in [5.74, 6) is 1.92. The number of aliphatic hydroxyl groups is 1. The molecule has 3 aromatic heterocycles. The molecule has 0 unspecified atom stereocenters. The first-order chi connectivity index (χ1) is 17.0. The number of methoxy groups -OCH3 is 1. The molecule has 0 amide bonds. The molecule has 4 aromatic rings. The molecule has 6 rings (SSSR count). The minimum Gasteiger partial charge on any atom is -0.494 e. The van der Waals surface area contributed by atoms with Crippen molar-refractivity contribution < 1.29 is 9.84 Å². The molecule has 10 nitrogen and oxygen atoms in total. The molecule has 1 aliphatic carbocycles. The Bertz CT molecular complexity index is 1360. The maximum absolute atomic E-state index is 10.9. The Balaban J connectivity index is 1.25. The fraction of sp³-hybridized carbons (Fsp3) is 0.520. The predicted octanol–water partition coefficient (Wildman–Crippen LogP) is 3.14. The van der Waals surface area contributed by atoms with E-state index in [1.54, 1.807) is 11.6 Å². The maximum Gasteiger partial charge on any atom is 0.223 e. The van der Waals surface area contributed by atoms with Crippen LogP contribution in [0.3, 0.4) is 0 Å². The maximum atomic E-state index is 10.9. The number of aromatic nitrogens is 6. The van der Waals surface area contributed by atoms with Crippen LogP contribution in [0.15, 0.2) is 30.6 Å². The fourth-order valence-electron chi connectivity index (χ4n) is 5.67. The lowest BCUT2D eigenvalue weighted by Gasteiger charge is -2.32. The number of para-hydroxylation sites is 1. The molecule has 0 bridgehead atoms. The van der Waals surface area contributed by atoms with Crippen LogP contribution >= 0.6 is 0 Å². The van der Waals surface area contributed by atoms with E-state index in [1.165, 1.54) is 6.42 Å². The predicted molar refractivity (Wildman–Crippen MR) is 134 cm³/mol. The van der Waals surface area contributed by atoms with Crippen molar-refractivity contribution in [2.75, 3.05) is 30.8 Å². The molecule has 1 saturated heterocycles. The number of hydrogen-bond donors (Lipinski definition) is 2. The summed E-state index contributed by atoms with van der Waals surface area (Å²) < 4.78 is 9.01. The van der Waals surface area contributed by atoms with Crippen LogP contribution in [0.1, 0.15) is 56.7 Å². The van der Waals surface area contributed by atoms with Gasteiger partial charge in [-0.3, -0.25) is 4.68 Å². The number of piperidine rings is 1. The van der Waals surface area contributed by atoms with Gasteiger partial charge >= 0.3 is 0 Å². The van der Waals surface area contributed by atoms with Crippen molar-refractivity contribution in [2.24, 2.45) is 0 Å². The van der Waals surface area contributed by atoms with E-state index in [0.717, 1.165) is 68.5 Å². The Kier molecular flexibility index (Phi) is 5.47. The lowest BCUT2D eigenvalue weighted by Crippen LogP contribution is -2.36. The van der Waals surface area contributed by atoms with Gasteiger partial charge in [0, 0.05) is 30.6 Å². The standard InChI is InChI=1S/C25H32N8O2/c1-35-20-9-5-8-19-21(20)28-24(26)33-23(19)29-22(30-33)17-7-6-12-31(14-17)18-13-27-32(15-18)16-25(34)10-3-2-4-11-25/h5,8-9,13,15,17,34H,2-4,6-7,10-12,14,16H2,1H3,(H2,26,28)/t17-/m1/s1. The number of rotatable bonds is 5. The molecule has 1 saturated carbocycles. The van der Waals surface area contributed by atoms with Crippen LogP contribution in [-0.4, -0.2) is 60.3 Å². The van der Waals surface area contributed by atoms with Gasteiger partial charge in [0.15, 0.2) is 11.5 Å². The minimum atomic E-state index is -0.633. The van der Waals surface area contributed by atoms with Crippen molar-refractivity contribution in [3.8, 4) is 5.75 Å². The Labute approximate surface area is 203 Å². The summed E-state index contributed by atoms with van der Waals surface area (Å²) in [4.78, 5) is 11.8. The molecule has 0 spiro atoms. The summed E-state index contributed by atoms with van der Waals surface area (Å²) in [5, 5.41) is 21.1. The van der Waals surface area contributed by atoms with Crippen LogP contribution in [0.25, 0.3) is 16.6 Å². The number of nitrogens with two attached hydrogens (primary N) is 1. The van der Waals surface area contributed by atoms with Gasteiger partial charge in [-0.1, -0.05) is 25.3 Å². The monoisotopic (exact) mass is 476 g/mol. The third kappa shape index (κ3) is 4.05. The molecule has 1 aliphatic heterocycles. The second kappa shape index (κ2) is 8.67. The summed E-state index contributed by atoms with van der Waals surface area (Å²) in [6.07, 6.45) is 11.1. The number of nitrogens with zero attached hydrogens (tertiary/aromatic N) is 7. The highest BCUT2D eigenvalue weighted by atomic mass is 16.5. The van der Waals surface area contributed by atoms with Crippen molar-refractivity contribution in [3.63, 3.8) is 0 Å². The fourth-order valence-corrected chi connectivity index (χ4v) is 5.67. The van der Waals surface area contributed by atoms with Crippen LogP contribution in [0.2, 0.25) is 0 Å². The van der Waals surface area contributed by atoms with E-state index in [1.807, 2.05) is 29.1 Å². The van der Waals surface area contributed by atoms with Gasteiger partial charge in [0.2, 0.25) is 5.95 Å². The average Bonchev–Trinajstić information content (AvgIpc) is 3.52. The highest BCUT2D eigenvalue weighted by molar-refractivity contribution is 5.95. The zero-order chi connectivity index (χ0) is 24.0. The normalized spacial score (nSPS) is 20.5. The van der Waals surface area contributed by atoms with E-state index in [4.69, 9.17) is 20.6 Å². The van der Waals surface area contributed by atoms with Gasteiger partial charge in [0.25, 0.3) is 0 Å². The SMILES string of the molecule is COc1cccc2c1nc(N)n1nc([C@@H]3CCCN(c4cnn(CC5(O)CCCCC5)c4)C3)nc21. The summed E-state index contributed by atoms with van der Waals surface area (Å²) in [6, 6.07) is 5.77. The second-order valence-electron chi connectivity index (χ2n) is 10.00. The van der Waals surface area contributed by atoms with Gasteiger partial charge in [-0.05, 0) is 37.8 Å². The third-order valence-corrected chi connectivity index (χ3v) is 7.54. The van der Waals surface area contributed by atoms with E-state index in [0.29, 0.717) is 29.4 Å². The zero-order valence-electron chi connectivity index (χ0n) is 20.1. The molecule has 2 aliphatic rings. The molecule has 10 heteroatoms. The largest absolute Gasteiger partial charge is 0.494 e. The molecule has 3 N–H and O–H groups in total. The molecule has 1 aromatic carbocycles. The first-order valence-electron chi connectivity index (χ1n) is 12.5. The van der Waals surface area contributed by atoms with Crippen LogP contribution in [0.5, 0.6) is 5.75 Å². The van der Waals surface area contributed by atoms with Gasteiger partial charge in [0.05, 0.1) is 31.1 Å². The van der Waals surface area contributed by atoms with Gasteiger partial charge in [-0.25, -0.2) is 9.97 Å². The van der Waals surface area contributed by atoms with Crippen molar-refractivity contribution in [1.29, 1.82) is 0 Å². The number of benzene rings is 1. The first kappa shape index (κ1) is 22.1. The van der Waals surface area contributed by atoms with E-state index in [9.17, 15) is 5.11 Å². The van der Waals surface area contributed by atoms with E-state index in [2.05, 4.69) is 21.2 Å². The van der Waals surface area contributed by atoms with Crippen LogP contribution in [-0.2, 0) is 6.54 Å². The Morgan fingerprint density at radius 3 is 2.86 bits per heavy atom. The molecule has 2 fully saturated rings. The number of nitrogen functional groups attached to an aromatic ring is 1. The Morgan fingerprint density at radius 2 is 2.03 bits per heavy atom. The summed E-state index contributed by atoms with van der Waals surface area (Å²) >= 11 is 0. The average molecular weight is 477 g/mol. The van der Waals surface area contributed by atoms with Crippen LogP contribution < -0.4 is 15.4 Å². The Hall–Kier alpha value is -3.40. The second-order valence-corrected chi connectivity index (χ2v) is 10.00. The molecule has 35 heavy (non-hydrogen) atoms. The van der Waals surface area contributed by atoms with Gasteiger partial charge in [-0.2, -0.15) is 9.61 Å². The highest BCUT2D eigenvalue weighted by Gasteiger charge is 2.31. The highest BCUT2D eigenvalue weighted by Crippen LogP contribution is 2.33. The van der Waals surface area contributed by atoms with Crippen LogP contribution in [0.4, 0.5) is 11.6 Å². The zero-order valence-corrected chi connectivity index (χ0v) is 20.1. The topological polar surface area (TPSA) is 120 Å². The van der Waals surface area contributed by atoms with Crippen molar-refractivity contribution >= 4 is 28.2 Å². The third-order valence-electron chi connectivity index (χ3n) is 7.54. The van der Waals surface area contributed by atoms with Gasteiger partial charge in [-0.15, -0.1) is 5.10 Å². The smallest absolute Gasteiger partial charge is 0.223 e. The molecule has 4 heterocycles. The van der Waals surface area contributed by atoms with Crippen molar-refractivity contribution in [2.45, 2.75) is 63.0 Å². The van der Waals surface area contributed by atoms with Crippen LogP contribution in [0, 0.1) is 0 Å². The molecule has 0 radical (unpaired) electrons. The van der Waals surface area contributed by atoms with Gasteiger partial charge in [0.1, 0.15) is 11.3 Å². The lowest BCUT2D eigenvalue weighted by molar-refractivity contribution is -0.0142. The van der Waals surface area contributed by atoms with E-state index < -0.39 is 5.60 Å². The molecular weight excluding hydrogens is 444 g/mol. The molecule has 184 valence electrons. The summed E-state index contributed by atoms with van der Waals surface area (Å²) in [6.45, 7) is 2.33. The van der Waals surface area contributed by atoms with Crippen molar-refractivity contribution in [3.05, 3.63) is 36.4 Å². The minimum absolute atomic E-state index is 0.176. The van der Waals surface area contributed by atoms with Crippen molar-refractivity contribution in [1.82, 2.24) is 29.4 Å². The lowest BCUT2D eigenvalue weighted by atomic mass is 9.85. The Morgan fingerprint density at radius 1 is 1.17 bits per heavy atom. The summed E-state index contributed by atoms with van der Waals surface area (Å²) in [5.41, 5.74) is 8.09. The molecule has 1 atom stereocenters. The number of ether oxygens (including phenoxy) is 1. The number of fused-ring (bicyclic) bond motifs is 3. The summed E-state index contributed by atoms with van der Waals surface area (Å²) in [7, 11) is 1.63. The molecular formula is C25H32N8O2. The van der Waals surface area contributed by atoms with Gasteiger partial charge < -0.3 is 20.5 Å². The van der Waals surface area contributed by atoms with E-state index in [-0.39, 0.29) is 5.92 Å². The van der Waals surface area contributed by atoms with E-state index >= 15 is 0 Å².